The number of pyridine rings is 1. The number of sulfonamides is 1. The fourth-order valence-electron chi connectivity index (χ4n) is 2.53. The van der Waals surface area contributed by atoms with Crippen LogP contribution in [0, 0.1) is 0 Å². The van der Waals surface area contributed by atoms with Crippen LogP contribution in [0.4, 0.5) is 5.69 Å². The average molecular weight is 361 g/mol. The van der Waals surface area contributed by atoms with Crippen molar-refractivity contribution in [2.75, 3.05) is 10.6 Å². The Bertz CT molecular complexity index is 805. The van der Waals surface area contributed by atoms with Gasteiger partial charge in [0.15, 0.2) is 0 Å². The highest BCUT2D eigenvalue weighted by Crippen LogP contribution is 2.21. The Balaban J connectivity index is 2.17. The van der Waals surface area contributed by atoms with Crippen LogP contribution in [0.5, 0.6) is 0 Å². The van der Waals surface area contributed by atoms with Gasteiger partial charge in [-0.25, -0.2) is 8.42 Å². The molecule has 0 fully saturated rings. The van der Waals surface area contributed by atoms with Crippen molar-refractivity contribution in [3.8, 4) is 0 Å². The third-order valence-electron chi connectivity index (χ3n) is 3.88. The van der Waals surface area contributed by atoms with Gasteiger partial charge in [-0.15, -0.1) is 0 Å². The highest BCUT2D eigenvalue weighted by Gasteiger charge is 2.28. The van der Waals surface area contributed by atoms with E-state index in [1.807, 2.05) is 25.1 Å². The molecule has 2 aromatic rings. The number of hydrogen-bond donors (Lipinski definition) is 1. The lowest BCUT2D eigenvalue weighted by molar-refractivity contribution is -0.122. The number of hydrogen-bond acceptors (Lipinski definition) is 4. The zero-order chi connectivity index (χ0) is 18.4. The van der Waals surface area contributed by atoms with Crippen molar-refractivity contribution >= 4 is 21.6 Å². The minimum atomic E-state index is -3.60. The van der Waals surface area contributed by atoms with Gasteiger partial charge in [0.25, 0.3) is 0 Å². The van der Waals surface area contributed by atoms with Gasteiger partial charge in [0, 0.05) is 18.9 Å². The molecule has 1 aromatic carbocycles. The Labute approximate surface area is 148 Å². The molecule has 1 heterocycles. The molecule has 2 rings (SSSR count). The van der Waals surface area contributed by atoms with E-state index in [9.17, 15) is 13.2 Å². The lowest BCUT2D eigenvalue weighted by Crippen LogP contribution is -2.47. The SMILES string of the molecule is CCc1ccc(N([C@H](C)C(=O)NCc2cccnc2)S(C)(=O)=O)cc1. The summed E-state index contributed by atoms with van der Waals surface area (Å²) in [6, 6.07) is 9.95. The van der Waals surface area contributed by atoms with Crippen LogP contribution in [0.3, 0.4) is 0 Å². The summed E-state index contributed by atoms with van der Waals surface area (Å²) in [7, 11) is -3.60. The molecular formula is C18H23N3O3S. The second-order valence-electron chi connectivity index (χ2n) is 5.83. The molecule has 0 aliphatic heterocycles. The molecule has 0 aliphatic rings. The van der Waals surface area contributed by atoms with E-state index < -0.39 is 16.1 Å². The Morgan fingerprint density at radius 2 is 1.88 bits per heavy atom. The summed E-state index contributed by atoms with van der Waals surface area (Å²) in [4.78, 5) is 16.5. The molecule has 0 unspecified atom stereocenters. The molecule has 1 N–H and O–H groups in total. The van der Waals surface area contributed by atoms with Crippen molar-refractivity contribution < 1.29 is 13.2 Å². The lowest BCUT2D eigenvalue weighted by Gasteiger charge is -2.28. The second kappa shape index (κ2) is 8.11. The van der Waals surface area contributed by atoms with Crippen molar-refractivity contribution in [1.82, 2.24) is 10.3 Å². The molecule has 7 heteroatoms. The molecule has 0 saturated carbocycles. The quantitative estimate of drug-likeness (QED) is 0.819. The van der Waals surface area contributed by atoms with Crippen molar-refractivity contribution in [3.63, 3.8) is 0 Å². The van der Waals surface area contributed by atoms with Crippen LogP contribution in [-0.2, 0) is 27.8 Å². The van der Waals surface area contributed by atoms with Crippen LogP contribution in [0.2, 0.25) is 0 Å². The van der Waals surface area contributed by atoms with E-state index in [4.69, 9.17) is 0 Å². The molecule has 0 saturated heterocycles. The van der Waals surface area contributed by atoms with E-state index in [1.165, 1.54) is 0 Å². The smallest absolute Gasteiger partial charge is 0.243 e. The molecule has 134 valence electrons. The first-order valence-electron chi connectivity index (χ1n) is 8.08. The second-order valence-corrected chi connectivity index (χ2v) is 7.69. The third kappa shape index (κ3) is 5.03. The first kappa shape index (κ1) is 18.9. The molecule has 6 nitrogen and oxygen atoms in total. The van der Waals surface area contributed by atoms with E-state index in [-0.39, 0.29) is 5.91 Å². The first-order valence-corrected chi connectivity index (χ1v) is 9.92. The van der Waals surface area contributed by atoms with Gasteiger partial charge < -0.3 is 5.32 Å². The largest absolute Gasteiger partial charge is 0.350 e. The van der Waals surface area contributed by atoms with E-state index in [0.29, 0.717) is 12.2 Å². The van der Waals surface area contributed by atoms with E-state index in [0.717, 1.165) is 28.1 Å². The van der Waals surface area contributed by atoms with Crippen LogP contribution in [0.15, 0.2) is 48.8 Å². The maximum absolute atomic E-state index is 12.5. The van der Waals surface area contributed by atoms with Crippen LogP contribution >= 0.6 is 0 Å². The Hall–Kier alpha value is -2.41. The minimum Gasteiger partial charge on any atom is -0.350 e. The number of aromatic nitrogens is 1. The zero-order valence-electron chi connectivity index (χ0n) is 14.6. The van der Waals surface area contributed by atoms with E-state index >= 15 is 0 Å². The molecule has 0 bridgehead atoms. The van der Waals surface area contributed by atoms with E-state index in [1.54, 1.807) is 37.5 Å². The van der Waals surface area contributed by atoms with Gasteiger partial charge in [0.1, 0.15) is 6.04 Å². The van der Waals surface area contributed by atoms with Gasteiger partial charge in [-0.1, -0.05) is 25.1 Å². The monoisotopic (exact) mass is 361 g/mol. The Morgan fingerprint density at radius 3 is 2.40 bits per heavy atom. The number of rotatable bonds is 7. The van der Waals surface area contributed by atoms with E-state index in [2.05, 4.69) is 10.3 Å². The normalized spacial score (nSPS) is 12.4. The molecule has 1 amide bonds. The topological polar surface area (TPSA) is 79.4 Å². The highest BCUT2D eigenvalue weighted by atomic mass is 32.2. The molecule has 0 spiro atoms. The van der Waals surface area contributed by atoms with Gasteiger partial charge in [0.05, 0.1) is 11.9 Å². The summed E-state index contributed by atoms with van der Waals surface area (Å²) < 4.78 is 25.6. The predicted molar refractivity (Wildman–Crippen MR) is 98.7 cm³/mol. The number of aryl methyl sites for hydroxylation is 1. The van der Waals surface area contributed by atoms with Gasteiger partial charge >= 0.3 is 0 Å². The summed E-state index contributed by atoms with van der Waals surface area (Å²) in [6.45, 7) is 3.90. The number of benzene rings is 1. The first-order chi connectivity index (χ1) is 11.8. The average Bonchev–Trinajstić information content (AvgIpc) is 2.60. The maximum atomic E-state index is 12.5. The highest BCUT2D eigenvalue weighted by molar-refractivity contribution is 7.92. The molecule has 0 radical (unpaired) electrons. The van der Waals surface area contributed by atoms with Gasteiger partial charge in [-0.2, -0.15) is 0 Å². The fraction of sp³-hybridized carbons (Fsp3) is 0.333. The summed E-state index contributed by atoms with van der Waals surface area (Å²) in [6.07, 6.45) is 5.27. The summed E-state index contributed by atoms with van der Waals surface area (Å²) in [5.41, 5.74) is 2.43. The number of nitrogens with one attached hydrogen (secondary N) is 1. The van der Waals surface area contributed by atoms with Crippen LogP contribution in [0.25, 0.3) is 0 Å². The van der Waals surface area contributed by atoms with Gasteiger partial charge in [-0.3, -0.25) is 14.1 Å². The zero-order valence-corrected chi connectivity index (χ0v) is 15.5. The van der Waals surface area contributed by atoms with Crippen LogP contribution < -0.4 is 9.62 Å². The van der Waals surface area contributed by atoms with Crippen molar-refractivity contribution in [1.29, 1.82) is 0 Å². The summed E-state index contributed by atoms with van der Waals surface area (Å²) in [5, 5.41) is 2.76. The Kier molecular flexibility index (Phi) is 6.14. The van der Waals surface area contributed by atoms with Crippen LogP contribution in [-0.4, -0.2) is 31.6 Å². The molecule has 25 heavy (non-hydrogen) atoms. The lowest BCUT2D eigenvalue weighted by atomic mass is 10.1. The Morgan fingerprint density at radius 1 is 1.20 bits per heavy atom. The number of nitrogens with zero attached hydrogens (tertiary/aromatic N) is 2. The molecule has 1 atom stereocenters. The number of carbonyl (C=O) groups excluding carboxylic acids is 1. The number of carbonyl (C=O) groups is 1. The summed E-state index contributed by atoms with van der Waals surface area (Å²) in [5.74, 6) is -0.367. The number of anilines is 1. The van der Waals surface area contributed by atoms with Crippen molar-refractivity contribution in [2.45, 2.75) is 32.9 Å². The standard InChI is InChI=1S/C18H23N3O3S/c1-4-15-7-9-17(10-8-15)21(25(3,23)24)14(2)18(22)20-13-16-6-5-11-19-12-16/h5-12,14H,4,13H2,1-3H3,(H,20,22)/t14-/m1/s1. The molecule has 1 aromatic heterocycles. The van der Waals surface area contributed by atoms with Gasteiger partial charge in [0.2, 0.25) is 15.9 Å². The number of amides is 1. The summed E-state index contributed by atoms with van der Waals surface area (Å²) >= 11 is 0. The van der Waals surface area contributed by atoms with Crippen molar-refractivity contribution in [3.05, 3.63) is 59.9 Å². The molecular weight excluding hydrogens is 338 g/mol. The fourth-order valence-corrected chi connectivity index (χ4v) is 3.70. The van der Waals surface area contributed by atoms with Gasteiger partial charge in [-0.05, 0) is 42.7 Å². The minimum absolute atomic E-state index is 0.295. The maximum Gasteiger partial charge on any atom is 0.243 e. The van der Waals surface area contributed by atoms with Crippen LogP contribution in [0.1, 0.15) is 25.0 Å². The predicted octanol–water partition coefficient (Wildman–Crippen LogP) is 2.11. The third-order valence-corrected chi connectivity index (χ3v) is 5.12. The van der Waals surface area contributed by atoms with Crippen molar-refractivity contribution in [2.24, 2.45) is 0 Å². The molecule has 0 aliphatic carbocycles.